The molecule has 1 heterocycles. The number of carbonyl (C=O) groups is 1. The van der Waals surface area contributed by atoms with Crippen molar-refractivity contribution in [3.05, 3.63) is 30.1 Å². The van der Waals surface area contributed by atoms with Gasteiger partial charge in [-0.3, -0.25) is 0 Å². The van der Waals surface area contributed by atoms with Gasteiger partial charge in [-0.15, -0.1) is 0 Å². The Hall–Kier alpha value is -1.58. The third kappa shape index (κ3) is 2.46. The summed E-state index contributed by atoms with van der Waals surface area (Å²) in [5, 5.41) is 0. The summed E-state index contributed by atoms with van der Waals surface area (Å²) in [6.45, 7) is 1.46. The van der Waals surface area contributed by atoms with Crippen LogP contribution >= 0.6 is 0 Å². The molecule has 1 fully saturated rings. The highest BCUT2D eigenvalue weighted by molar-refractivity contribution is 5.70. The fourth-order valence-corrected chi connectivity index (χ4v) is 1.60. The van der Waals surface area contributed by atoms with Crippen molar-refractivity contribution in [3.63, 3.8) is 0 Å². The second kappa shape index (κ2) is 4.29. The molecular weight excluding hydrogens is 197 g/mol. The van der Waals surface area contributed by atoms with Crippen molar-refractivity contribution < 1.29 is 13.9 Å². The van der Waals surface area contributed by atoms with Crippen LogP contribution in [0.3, 0.4) is 0 Å². The average molecular weight is 209 g/mol. The van der Waals surface area contributed by atoms with Crippen LogP contribution in [0.1, 0.15) is 12.8 Å². The van der Waals surface area contributed by atoms with Crippen LogP contribution in [0, 0.1) is 5.82 Å². The Kier molecular flexibility index (Phi) is 2.85. The molecule has 1 amide bonds. The van der Waals surface area contributed by atoms with Crippen LogP contribution in [0.4, 0.5) is 9.18 Å². The van der Waals surface area contributed by atoms with Gasteiger partial charge < -0.3 is 9.64 Å². The summed E-state index contributed by atoms with van der Waals surface area (Å²) in [7, 11) is 0. The van der Waals surface area contributed by atoms with Gasteiger partial charge in [-0.05, 0) is 25.0 Å². The van der Waals surface area contributed by atoms with E-state index in [-0.39, 0.29) is 5.75 Å². The van der Waals surface area contributed by atoms with Crippen LogP contribution in [-0.4, -0.2) is 24.1 Å². The largest absolute Gasteiger partial charge is 0.415 e. The Morgan fingerprint density at radius 3 is 2.73 bits per heavy atom. The SMILES string of the molecule is O=C(Oc1cccc(F)c1)N1CCCC1. The van der Waals surface area contributed by atoms with Crippen molar-refractivity contribution in [2.24, 2.45) is 0 Å². The lowest BCUT2D eigenvalue weighted by molar-refractivity contribution is 0.162. The Labute approximate surface area is 87.5 Å². The molecule has 0 aromatic heterocycles. The molecule has 1 aromatic rings. The van der Waals surface area contributed by atoms with Crippen LogP contribution in [0.25, 0.3) is 0 Å². The monoisotopic (exact) mass is 209 g/mol. The fraction of sp³-hybridized carbons (Fsp3) is 0.364. The number of rotatable bonds is 1. The second-order valence-corrected chi connectivity index (χ2v) is 3.52. The molecule has 15 heavy (non-hydrogen) atoms. The minimum absolute atomic E-state index is 0.256. The van der Waals surface area contributed by atoms with E-state index in [1.807, 2.05) is 0 Å². The van der Waals surface area contributed by atoms with Gasteiger partial charge in [0.2, 0.25) is 0 Å². The number of halogens is 1. The Bertz CT molecular complexity index is 361. The summed E-state index contributed by atoms with van der Waals surface area (Å²) in [6, 6.07) is 5.60. The number of amides is 1. The molecule has 0 aliphatic carbocycles. The fourth-order valence-electron chi connectivity index (χ4n) is 1.60. The molecule has 2 rings (SSSR count). The van der Waals surface area contributed by atoms with Gasteiger partial charge in [-0.25, -0.2) is 9.18 Å². The van der Waals surface area contributed by atoms with Crippen molar-refractivity contribution in [1.29, 1.82) is 0 Å². The molecule has 1 aliphatic heterocycles. The molecule has 1 saturated heterocycles. The molecular formula is C11H12FNO2. The number of hydrogen-bond acceptors (Lipinski definition) is 2. The van der Waals surface area contributed by atoms with Crippen LogP contribution in [-0.2, 0) is 0 Å². The lowest BCUT2D eigenvalue weighted by Crippen LogP contribution is -2.30. The smallest absolute Gasteiger partial charge is 0.410 e. The minimum Gasteiger partial charge on any atom is -0.410 e. The molecule has 1 aromatic carbocycles. The van der Waals surface area contributed by atoms with E-state index >= 15 is 0 Å². The lowest BCUT2D eigenvalue weighted by Gasteiger charge is -2.14. The highest BCUT2D eigenvalue weighted by Gasteiger charge is 2.19. The molecule has 0 atom stereocenters. The molecule has 0 spiro atoms. The van der Waals surface area contributed by atoms with Gasteiger partial charge in [0.15, 0.2) is 0 Å². The van der Waals surface area contributed by atoms with Gasteiger partial charge in [0.1, 0.15) is 11.6 Å². The first-order valence-electron chi connectivity index (χ1n) is 4.98. The first-order chi connectivity index (χ1) is 7.25. The maximum Gasteiger partial charge on any atom is 0.415 e. The highest BCUT2D eigenvalue weighted by Crippen LogP contribution is 2.15. The third-order valence-corrected chi connectivity index (χ3v) is 2.37. The quantitative estimate of drug-likeness (QED) is 0.710. The summed E-state index contributed by atoms with van der Waals surface area (Å²) in [5.74, 6) is -0.145. The van der Waals surface area contributed by atoms with Gasteiger partial charge in [-0.2, -0.15) is 0 Å². The lowest BCUT2D eigenvalue weighted by atomic mass is 10.3. The van der Waals surface area contributed by atoms with Crippen molar-refractivity contribution in [1.82, 2.24) is 4.90 Å². The zero-order valence-corrected chi connectivity index (χ0v) is 8.28. The van der Waals surface area contributed by atoms with Gasteiger partial charge >= 0.3 is 6.09 Å². The molecule has 3 nitrogen and oxygen atoms in total. The van der Waals surface area contributed by atoms with Gasteiger partial charge in [0, 0.05) is 19.2 Å². The molecule has 0 N–H and O–H groups in total. The van der Waals surface area contributed by atoms with E-state index in [9.17, 15) is 9.18 Å². The number of benzene rings is 1. The number of ether oxygens (including phenoxy) is 1. The number of nitrogens with zero attached hydrogens (tertiary/aromatic N) is 1. The number of hydrogen-bond donors (Lipinski definition) is 0. The number of carbonyl (C=O) groups excluding carboxylic acids is 1. The van der Waals surface area contributed by atoms with E-state index in [4.69, 9.17) is 4.74 Å². The van der Waals surface area contributed by atoms with E-state index in [1.165, 1.54) is 18.2 Å². The molecule has 4 heteroatoms. The standard InChI is InChI=1S/C11H12FNO2/c12-9-4-3-5-10(8-9)15-11(14)13-6-1-2-7-13/h3-5,8H,1-2,6-7H2. The Balaban J connectivity index is 1.99. The summed E-state index contributed by atoms with van der Waals surface area (Å²) in [5.41, 5.74) is 0. The molecule has 0 unspecified atom stereocenters. The molecule has 80 valence electrons. The van der Waals surface area contributed by atoms with E-state index < -0.39 is 11.9 Å². The topological polar surface area (TPSA) is 29.5 Å². The van der Waals surface area contributed by atoms with Crippen molar-refractivity contribution in [3.8, 4) is 5.75 Å². The summed E-state index contributed by atoms with van der Waals surface area (Å²) in [6.07, 6.45) is 1.63. The van der Waals surface area contributed by atoms with Crippen LogP contribution in [0.15, 0.2) is 24.3 Å². The van der Waals surface area contributed by atoms with Crippen LogP contribution < -0.4 is 4.74 Å². The van der Waals surface area contributed by atoms with Crippen molar-refractivity contribution in [2.45, 2.75) is 12.8 Å². The van der Waals surface area contributed by atoms with E-state index in [0.29, 0.717) is 0 Å². The van der Waals surface area contributed by atoms with E-state index in [0.717, 1.165) is 25.9 Å². The zero-order valence-electron chi connectivity index (χ0n) is 8.28. The van der Waals surface area contributed by atoms with Gasteiger partial charge in [-0.1, -0.05) is 6.07 Å². The summed E-state index contributed by atoms with van der Waals surface area (Å²) in [4.78, 5) is 13.1. The maximum absolute atomic E-state index is 12.8. The van der Waals surface area contributed by atoms with Crippen LogP contribution in [0.5, 0.6) is 5.75 Å². The molecule has 0 bridgehead atoms. The zero-order chi connectivity index (χ0) is 10.7. The summed E-state index contributed by atoms with van der Waals surface area (Å²) < 4.78 is 17.8. The molecule has 1 aliphatic rings. The van der Waals surface area contributed by atoms with Gasteiger partial charge in [0.05, 0.1) is 0 Å². The molecule has 0 saturated carbocycles. The predicted molar refractivity (Wildman–Crippen MR) is 53.2 cm³/mol. The maximum atomic E-state index is 12.8. The third-order valence-electron chi connectivity index (χ3n) is 2.37. The Morgan fingerprint density at radius 1 is 1.33 bits per heavy atom. The Morgan fingerprint density at radius 2 is 2.07 bits per heavy atom. The number of likely N-dealkylation sites (tertiary alicyclic amines) is 1. The second-order valence-electron chi connectivity index (χ2n) is 3.52. The normalized spacial score (nSPS) is 15.4. The van der Waals surface area contributed by atoms with Crippen LogP contribution in [0.2, 0.25) is 0 Å². The molecule has 0 radical (unpaired) electrons. The first-order valence-corrected chi connectivity index (χ1v) is 4.98. The van der Waals surface area contributed by atoms with Crippen molar-refractivity contribution >= 4 is 6.09 Å². The average Bonchev–Trinajstić information content (AvgIpc) is 2.70. The minimum atomic E-state index is -0.401. The highest BCUT2D eigenvalue weighted by atomic mass is 19.1. The van der Waals surface area contributed by atoms with Gasteiger partial charge in [0.25, 0.3) is 0 Å². The predicted octanol–water partition coefficient (Wildman–Crippen LogP) is 2.42. The first kappa shape index (κ1) is 9.96. The van der Waals surface area contributed by atoms with Crippen molar-refractivity contribution in [2.75, 3.05) is 13.1 Å². The van der Waals surface area contributed by atoms with E-state index in [2.05, 4.69) is 0 Å². The van der Waals surface area contributed by atoms with E-state index in [1.54, 1.807) is 11.0 Å². The summed E-state index contributed by atoms with van der Waals surface area (Å²) >= 11 is 0.